The maximum Gasteiger partial charge on any atom is 0.307 e. The van der Waals surface area contributed by atoms with Gasteiger partial charge in [-0.3, -0.25) is 9.69 Å². The van der Waals surface area contributed by atoms with E-state index in [0.29, 0.717) is 13.2 Å². The van der Waals surface area contributed by atoms with Crippen LogP contribution < -0.4 is 4.74 Å². The molecule has 5 heteroatoms. The summed E-state index contributed by atoms with van der Waals surface area (Å²) in [7, 11) is 0. The highest BCUT2D eigenvalue weighted by atomic mass is 79.9. The van der Waals surface area contributed by atoms with Crippen molar-refractivity contribution in [3.05, 3.63) is 64.1 Å². The van der Waals surface area contributed by atoms with Gasteiger partial charge in [0, 0.05) is 11.0 Å². The third-order valence-corrected chi connectivity index (χ3v) is 5.57. The molecular weight excluding hydrogens is 394 g/mol. The number of carboxylic acids is 1. The monoisotopic (exact) mass is 417 g/mol. The van der Waals surface area contributed by atoms with Gasteiger partial charge in [0.25, 0.3) is 0 Å². The predicted molar refractivity (Wildman–Crippen MR) is 106 cm³/mol. The molecule has 1 aliphatic rings. The van der Waals surface area contributed by atoms with Crippen molar-refractivity contribution >= 4 is 21.9 Å². The zero-order valence-electron chi connectivity index (χ0n) is 14.9. The second kappa shape index (κ2) is 8.69. The van der Waals surface area contributed by atoms with Gasteiger partial charge in [0.2, 0.25) is 0 Å². The van der Waals surface area contributed by atoms with Crippen LogP contribution in [0.25, 0.3) is 0 Å². The van der Waals surface area contributed by atoms with Crippen LogP contribution in [-0.4, -0.2) is 35.7 Å². The Morgan fingerprint density at radius 2 is 2.12 bits per heavy atom. The molecule has 1 aliphatic heterocycles. The highest BCUT2D eigenvalue weighted by Crippen LogP contribution is 2.37. The van der Waals surface area contributed by atoms with Crippen molar-refractivity contribution in [2.24, 2.45) is 5.92 Å². The molecule has 2 atom stereocenters. The zero-order valence-corrected chi connectivity index (χ0v) is 16.5. The van der Waals surface area contributed by atoms with E-state index in [1.54, 1.807) is 0 Å². The number of carboxylic acid groups (broad SMARTS) is 1. The molecule has 1 heterocycles. The summed E-state index contributed by atoms with van der Waals surface area (Å²) in [6.07, 6.45) is 1.64. The van der Waals surface area contributed by atoms with Gasteiger partial charge in [-0.1, -0.05) is 46.3 Å². The van der Waals surface area contributed by atoms with E-state index in [1.807, 2.05) is 37.3 Å². The number of piperidine rings is 1. The van der Waals surface area contributed by atoms with Gasteiger partial charge in [-0.25, -0.2) is 0 Å². The molecule has 1 saturated heterocycles. The molecule has 0 spiro atoms. The number of ether oxygens (including phenoxy) is 1. The molecule has 2 unspecified atom stereocenters. The first-order valence-electron chi connectivity index (χ1n) is 9.04. The van der Waals surface area contributed by atoms with Gasteiger partial charge < -0.3 is 9.84 Å². The Bertz CT molecular complexity index is 764. The fourth-order valence-electron chi connectivity index (χ4n) is 3.67. The van der Waals surface area contributed by atoms with E-state index >= 15 is 0 Å². The number of aliphatic carboxylic acids is 1. The Morgan fingerprint density at radius 1 is 1.31 bits per heavy atom. The minimum absolute atomic E-state index is 0.00636. The summed E-state index contributed by atoms with van der Waals surface area (Å²) in [5, 5.41) is 9.49. The molecule has 138 valence electrons. The summed E-state index contributed by atoms with van der Waals surface area (Å²) in [4.78, 5) is 13.8. The highest BCUT2D eigenvalue weighted by molar-refractivity contribution is 9.10. The first-order chi connectivity index (χ1) is 12.6. The molecule has 2 aromatic rings. The van der Waals surface area contributed by atoms with Crippen LogP contribution >= 0.6 is 15.9 Å². The lowest BCUT2D eigenvalue weighted by atomic mass is 9.91. The van der Waals surface area contributed by atoms with Crippen LogP contribution in [0, 0.1) is 5.92 Å². The summed E-state index contributed by atoms with van der Waals surface area (Å²) in [6.45, 7) is 4.03. The van der Waals surface area contributed by atoms with Crippen LogP contribution in [0.3, 0.4) is 0 Å². The molecule has 1 fully saturated rings. The zero-order chi connectivity index (χ0) is 18.5. The minimum Gasteiger partial charge on any atom is -0.494 e. The lowest BCUT2D eigenvalue weighted by Crippen LogP contribution is -2.41. The SMILES string of the molecule is CCOc1cccc(C(c2ccccc2Br)N2CCCC(C(=O)O)C2)c1. The Kier molecular flexibility index (Phi) is 6.33. The number of hydrogen-bond donors (Lipinski definition) is 1. The average Bonchev–Trinajstić information content (AvgIpc) is 2.64. The lowest BCUT2D eigenvalue weighted by molar-refractivity contribution is -0.143. The normalized spacial score (nSPS) is 19.1. The summed E-state index contributed by atoms with van der Waals surface area (Å²) in [6, 6.07) is 16.3. The van der Waals surface area contributed by atoms with Crippen LogP contribution in [0.1, 0.15) is 36.9 Å². The third-order valence-electron chi connectivity index (χ3n) is 4.85. The fraction of sp³-hybridized carbons (Fsp3) is 0.381. The van der Waals surface area contributed by atoms with Gasteiger partial charge in [-0.2, -0.15) is 0 Å². The number of rotatable bonds is 6. The third kappa shape index (κ3) is 4.27. The van der Waals surface area contributed by atoms with Gasteiger partial charge in [0.05, 0.1) is 18.6 Å². The summed E-state index contributed by atoms with van der Waals surface area (Å²) < 4.78 is 6.72. The van der Waals surface area contributed by atoms with Crippen LogP contribution in [0.2, 0.25) is 0 Å². The molecule has 26 heavy (non-hydrogen) atoms. The predicted octanol–water partition coefficient (Wildman–Crippen LogP) is 4.73. The number of halogens is 1. The Labute approximate surface area is 162 Å². The number of likely N-dealkylation sites (tertiary alicyclic amines) is 1. The van der Waals surface area contributed by atoms with Gasteiger partial charge in [0.1, 0.15) is 5.75 Å². The molecule has 0 aromatic heterocycles. The topological polar surface area (TPSA) is 49.8 Å². The van der Waals surface area contributed by atoms with E-state index in [4.69, 9.17) is 4.74 Å². The standard InChI is InChI=1S/C21H24BrNO3/c1-2-26-17-9-5-7-15(13-17)20(18-10-3-4-11-19(18)22)23-12-6-8-16(14-23)21(24)25/h3-5,7,9-11,13,16,20H,2,6,8,12,14H2,1H3,(H,24,25). The van der Waals surface area contributed by atoms with Crippen LogP contribution in [0.5, 0.6) is 5.75 Å². The van der Waals surface area contributed by atoms with Crippen molar-refractivity contribution in [1.29, 1.82) is 0 Å². The molecule has 3 rings (SSSR count). The first kappa shape index (κ1) is 18.9. The van der Waals surface area contributed by atoms with Crippen molar-refractivity contribution in [2.75, 3.05) is 19.7 Å². The molecule has 0 bridgehead atoms. The maximum atomic E-state index is 11.5. The largest absolute Gasteiger partial charge is 0.494 e. The van der Waals surface area contributed by atoms with Gasteiger partial charge >= 0.3 is 5.97 Å². The number of benzene rings is 2. The highest BCUT2D eigenvalue weighted by Gasteiger charge is 2.32. The van der Waals surface area contributed by atoms with E-state index in [1.165, 1.54) is 0 Å². The maximum absolute atomic E-state index is 11.5. The van der Waals surface area contributed by atoms with E-state index in [-0.39, 0.29) is 12.0 Å². The van der Waals surface area contributed by atoms with Gasteiger partial charge in [0.15, 0.2) is 0 Å². The van der Waals surface area contributed by atoms with Crippen molar-refractivity contribution in [2.45, 2.75) is 25.8 Å². The number of nitrogens with zero attached hydrogens (tertiary/aromatic N) is 1. The fourth-order valence-corrected chi connectivity index (χ4v) is 4.17. The van der Waals surface area contributed by atoms with Gasteiger partial charge in [-0.15, -0.1) is 0 Å². The quantitative estimate of drug-likeness (QED) is 0.737. The number of hydrogen-bond acceptors (Lipinski definition) is 3. The van der Waals surface area contributed by atoms with Crippen LogP contribution in [0.4, 0.5) is 0 Å². The van der Waals surface area contributed by atoms with E-state index in [2.05, 4.69) is 39.0 Å². The molecule has 0 saturated carbocycles. The average molecular weight is 418 g/mol. The van der Waals surface area contributed by atoms with Crippen molar-refractivity contribution in [3.8, 4) is 5.75 Å². The molecule has 0 radical (unpaired) electrons. The molecule has 4 nitrogen and oxygen atoms in total. The van der Waals surface area contributed by atoms with Crippen LogP contribution in [0.15, 0.2) is 53.0 Å². The Morgan fingerprint density at radius 3 is 2.85 bits per heavy atom. The minimum atomic E-state index is -0.705. The summed E-state index contributed by atoms with van der Waals surface area (Å²) >= 11 is 3.68. The lowest BCUT2D eigenvalue weighted by Gasteiger charge is -2.38. The van der Waals surface area contributed by atoms with Gasteiger partial charge in [-0.05, 0) is 55.6 Å². The molecule has 0 aliphatic carbocycles. The molecule has 2 aromatic carbocycles. The smallest absolute Gasteiger partial charge is 0.307 e. The van der Waals surface area contributed by atoms with Crippen LogP contribution in [-0.2, 0) is 4.79 Å². The second-order valence-corrected chi connectivity index (χ2v) is 7.46. The van der Waals surface area contributed by atoms with E-state index in [9.17, 15) is 9.90 Å². The van der Waals surface area contributed by atoms with E-state index in [0.717, 1.165) is 40.7 Å². The van der Waals surface area contributed by atoms with E-state index < -0.39 is 5.97 Å². The molecular formula is C21H24BrNO3. The summed E-state index contributed by atoms with van der Waals surface area (Å²) in [5.41, 5.74) is 2.26. The van der Waals surface area contributed by atoms with Crippen molar-refractivity contribution in [1.82, 2.24) is 4.90 Å². The van der Waals surface area contributed by atoms with Crippen molar-refractivity contribution < 1.29 is 14.6 Å². The number of carbonyl (C=O) groups is 1. The second-order valence-electron chi connectivity index (χ2n) is 6.60. The molecule has 1 N–H and O–H groups in total. The Hall–Kier alpha value is -1.85. The Balaban J connectivity index is 2.01. The van der Waals surface area contributed by atoms with Crippen molar-refractivity contribution in [3.63, 3.8) is 0 Å². The first-order valence-corrected chi connectivity index (χ1v) is 9.83. The molecule has 0 amide bonds. The summed E-state index contributed by atoms with van der Waals surface area (Å²) in [5.74, 6) is -0.179.